The molecule has 3 rings (SSSR count). The summed E-state index contributed by atoms with van der Waals surface area (Å²) in [5.74, 6) is 0. The Hall–Kier alpha value is -1.76. The summed E-state index contributed by atoms with van der Waals surface area (Å²) in [4.78, 5) is 9.26. The number of hydrogen-bond acceptors (Lipinski definition) is 5. The number of aryl methyl sites for hydroxylation is 1. The Morgan fingerprint density at radius 2 is 2.04 bits per heavy atom. The fraction of sp³-hybridized carbons (Fsp3) is 0.579. The molecule has 0 spiro atoms. The van der Waals surface area contributed by atoms with E-state index in [1.54, 1.807) is 0 Å². The monoisotopic (exact) mass is 343 g/mol. The number of aromatic nitrogens is 3. The summed E-state index contributed by atoms with van der Waals surface area (Å²) < 4.78 is 7.38. The third kappa shape index (κ3) is 5.36. The third-order valence-corrected chi connectivity index (χ3v) is 4.91. The highest BCUT2D eigenvalue weighted by Gasteiger charge is 2.14. The quantitative estimate of drug-likeness (QED) is 0.732. The molecule has 0 radical (unpaired) electrons. The summed E-state index contributed by atoms with van der Waals surface area (Å²) in [6.45, 7) is 10.1. The van der Waals surface area contributed by atoms with Crippen LogP contribution in [0.25, 0.3) is 0 Å². The van der Waals surface area contributed by atoms with Crippen LogP contribution in [0.1, 0.15) is 23.2 Å². The van der Waals surface area contributed by atoms with Gasteiger partial charge in [-0.1, -0.05) is 6.07 Å². The standard InChI is InChI=1S/C19H29N5O/c1-17-19(14-21-22(17)2)16-24(15-18-5-3-6-20-13-18)8-4-7-23-9-11-25-12-10-23/h3,5-6,13-14H,4,7-12,15-16H2,1-2H3. The van der Waals surface area contributed by atoms with Crippen molar-refractivity contribution in [1.29, 1.82) is 0 Å². The van der Waals surface area contributed by atoms with Gasteiger partial charge in [0.15, 0.2) is 0 Å². The number of hydrogen-bond donors (Lipinski definition) is 0. The number of morpholine rings is 1. The van der Waals surface area contributed by atoms with Crippen molar-refractivity contribution in [2.45, 2.75) is 26.4 Å². The van der Waals surface area contributed by atoms with E-state index < -0.39 is 0 Å². The van der Waals surface area contributed by atoms with Crippen molar-refractivity contribution in [3.8, 4) is 0 Å². The van der Waals surface area contributed by atoms with Crippen molar-refractivity contribution in [1.82, 2.24) is 24.6 Å². The van der Waals surface area contributed by atoms with Crippen molar-refractivity contribution in [2.24, 2.45) is 7.05 Å². The molecule has 0 N–H and O–H groups in total. The first kappa shape index (κ1) is 18.0. The number of nitrogens with zero attached hydrogens (tertiary/aromatic N) is 5. The van der Waals surface area contributed by atoms with Crippen LogP contribution in [-0.2, 0) is 24.9 Å². The van der Waals surface area contributed by atoms with Gasteiger partial charge in [-0.25, -0.2) is 0 Å². The molecule has 25 heavy (non-hydrogen) atoms. The molecule has 0 saturated carbocycles. The van der Waals surface area contributed by atoms with Crippen LogP contribution in [0.15, 0.2) is 30.7 Å². The fourth-order valence-electron chi connectivity index (χ4n) is 3.25. The van der Waals surface area contributed by atoms with Crippen LogP contribution in [0.4, 0.5) is 0 Å². The zero-order chi connectivity index (χ0) is 17.5. The van der Waals surface area contributed by atoms with Crippen molar-refractivity contribution >= 4 is 0 Å². The molecule has 0 aromatic carbocycles. The second-order valence-corrected chi connectivity index (χ2v) is 6.76. The Labute approximate surface area is 150 Å². The van der Waals surface area contributed by atoms with E-state index in [1.807, 2.05) is 36.4 Å². The lowest BCUT2D eigenvalue weighted by atomic mass is 10.2. The van der Waals surface area contributed by atoms with Crippen molar-refractivity contribution in [3.05, 3.63) is 47.5 Å². The Morgan fingerprint density at radius 3 is 2.72 bits per heavy atom. The van der Waals surface area contributed by atoms with E-state index in [2.05, 4.69) is 32.9 Å². The molecule has 1 saturated heterocycles. The first-order valence-electron chi connectivity index (χ1n) is 9.11. The number of rotatable bonds is 8. The third-order valence-electron chi connectivity index (χ3n) is 4.91. The lowest BCUT2D eigenvalue weighted by Crippen LogP contribution is -2.38. The molecule has 2 aromatic heterocycles. The summed E-state index contributed by atoms with van der Waals surface area (Å²) in [6, 6.07) is 4.16. The zero-order valence-corrected chi connectivity index (χ0v) is 15.4. The van der Waals surface area contributed by atoms with E-state index >= 15 is 0 Å². The van der Waals surface area contributed by atoms with Gasteiger partial charge < -0.3 is 4.74 Å². The van der Waals surface area contributed by atoms with Crippen molar-refractivity contribution in [3.63, 3.8) is 0 Å². The van der Waals surface area contributed by atoms with Gasteiger partial charge in [-0.2, -0.15) is 5.10 Å². The SMILES string of the molecule is Cc1c(CN(CCCN2CCOCC2)Cc2cccnc2)cnn1C. The van der Waals surface area contributed by atoms with Gasteiger partial charge >= 0.3 is 0 Å². The molecule has 6 nitrogen and oxygen atoms in total. The minimum Gasteiger partial charge on any atom is -0.379 e. The van der Waals surface area contributed by atoms with Gasteiger partial charge in [0.25, 0.3) is 0 Å². The molecular formula is C19H29N5O. The summed E-state index contributed by atoms with van der Waals surface area (Å²) in [5, 5.41) is 4.39. The first-order chi connectivity index (χ1) is 12.2. The number of ether oxygens (including phenoxy) is 1. The highest BCUT2D eigenvalue weighted by Crippen LogP contribution is 2.13. The average molecular weight is 343 g/mol. The summed E-state index contributed by atoms with van der Waals surface area (Å²) in [7, 11) is 2.00. The summed E-state index contributed by atoms with van der Waals surface area (Å²) in [6.07, 6.45) is 6.95. The predicted octanol–water partition coefficient (Wildman–Crippen LogP) is 1.85. The molecule has 1 fully saturated rings. The lowest BCUT2D eigenvalue weighted by molar-refractivity contribution is 0.0359. The van der Waals surface area contributed by atoms with E-state index in [9.17, 15) is 0 Å². The second kappa shape index (κ2) is 9.08. The van der Waals surface area contributed by atoms with Crippen LogP contribution in [-0.4, -0.2) is 64.0 Å². The zero-order valence-electron chi connectivity index (χ0n) is 15.4. The first-order valence-corrected chi connectivity index (χ1v) is 9.11. The van der Waals surface area contributed by atoms with Crippen LogP contribution < -0.4 is 0 Å². The van der Waals surface area contributed by atoms with Crippen molar-refractivity contribution in [2.75, 3.05) is 39.4 Å². The Morgan fingerprint density at radius 1 is 1.20 bits per heavy atom. The van der Waals surface area contributed by atoms with Crippen LogP contribution in [0.2, 0.25) is 0 Å². The van der Waals surface area contributed by atoms with Crippen LogP contribution in [0.5, 0.6) is 0 Å². The highest BCUT2D eigenvalue weighted by atomic mass is 16.5. The summed E-state index contributed by atoms with van der Waals surface area (Å²) in [5.41, 5.74) is 3.80. The Bertz CT molecular complexity index is 637. The van der Waals surface area contributed by atoms with E-state index in [1.165, 1.54) is 23.2 Å². The van der Waals surface area contributed by atoms with Gasteiger partial charge in [-0.15, -0.1) is 0 Å². The van der Waals surface area contributed by atoms with Crippen LogP contribution >= 0.6 is 0 Å². The molecule has 6 heteroatoms. The molecule has 2 aromatic rings. The maximum Gasteiger partial charge on any atom is 0.0594 e. The minimum absolute atomic E-state index is 0.869. The largest absolute Gasteiger partial charge is 0.379 e. The topological polar surface area (TPSA) is 46.4 Å². The highest BCUT2D eigenvalue weighted by molar-refractivity contribution is 5.16. The molecule has 0 unspecified atom stereocenters. The lowest BCUT2D eigenvalue weighted by Gasteiger charge is -2.28. The molecule has 0 amide bonds. The normalized spacial score (nSPS) is 15.8. The van der Waals surface area contributed by atoms with Gasteiger partial charge in [0.05, 0.1) is 19.4 Å². The van der Waals surface area contributed by atoms with Gasteiger partial charge in [0.1, 0.15) is 0 Å². The fourth-order valence-corrected chi connectivity index (χ4v) is 3.25. The molecule has 1 aliphatic heterocycles. The van der Waals surface area contributed by atoms with Crippen LogP contribution in [0.3, 0.4) is 0 Å². The van der Waals surface area contributed by atoms with Gasteiger partial charge in [-0.05, 0) is 31.5 Å². The number of pyridine rings is 1. The molecule has 0 bridgehead atoms. The van der Waals surface area contributed by atoms with Gasteiger partial charge in [-0.3, -0.25) is 19.5 Å². The molecule has 1 aliphatic rings. The van der Waals surface area contributed by atoms with E-state index in [4.69, 9.17) is 4.74 Å². The van der Waals surface area contributed by atoms with Gasteiger partial charge in [0, 0.05) is 63.4 Å². The summed E-state index contributed by atoms with van der Waals surface area (Å²) >= 11 is 0. The second-order valence-electron chi connectivity index (χ2n) is 6.76. The predicted molar refractivity (Wildman–Crippen MR) is 98.2 cm³/mol. The van der Waals surface area contributed by atoms with E-state index in [0.717, 1.165) is 52.5 Å². The average Bonchev–Trinajstić information content (AvgIpc) is 2.95. The molecular weight excluding hydrogens is 314 g/mol. The molecule has 0 atom stereocenters. The van der Waals surface area contributed by atoms with E-state index in [0.29, 0.717) is 0 Å². The van der Waals surface area contributed by atoms with Crippen molar-refractivity contribution < 1.29 is 4.74 Å². The molecule has 0 aliphatic carbocycles. The smallest absolute Gasteiger partial charge is 0.0594 e. The minimum atomic E-state index is 0.869. The van der Waals surface area contributed by atoms with Crippen LogP contribution in [0, 0.1) is 6.92 Å². The van der Waals surface area contributed by atoms with Gasteiger partial charge in [0.2, 0.25) is 0 Å². The van der Waals surface area contributed by atoms with E-state index in [-0.39, 0.29) is 0 Å². The molecule has 3 heterocycles. The Kier molecular flexibility index (Phi) is 6.55. The maximum absolute atomic E-state index is 5.43. The molecule has 136 valence electrons. The Balaban J connectivity index is 1.58. The maximum atomic E-state index is 5.43.